The fourth-order valence-corrected chi connectivity index (χ4v) is 7.61. The van der Waals surface area contributed by atoms with Crippen LogP contribution in [0.2, 0.25) is 0 Å². The number of nitrogens with zero attached hydrogens (tertiary/aromatic N) is 2. The number of hydrogen-bond acceptors (Lipinski definition) is 4. The molecule has 6 aromatic carbocycles. The van der Waals surface area contributed by atoms with E-state index < -0.39 is 0 Å². The Labute approximate surface area is 300 Å². The van der Waals surface area contributed by atoms with Crippen LogP contribution in [0, 0.1) is 13.8 Å². The number of rotatable bonds is 5. The van der Waals surface area contributed by atoms with Crippen molar-refractivity contribution in [3.8, 4) is 55.9 Å². The molecule has 0 unspecified atom stereocenters. The summed E-state index contributed by atoms with van der Waals surface area (Å²) in [7, 11) is 0. The zero-order valence-electron chi connectivity index (χ0n) is 28.7. The minimum absolute atomic E-state index is 0.818. The molecule has 52 heavy (non-hydrogen) atoms. The van der Waals surface area contributed by atoms with Gasteiger partial charge in [0, 0.05) is 45.1 Å². The zero-order valence-corrected chi connectivity index (χ0v) is 28.7. The molecule has 10 rings (SSSR count). The number of hydrogen-bond donors (Lipinski definition) is 0. The Morgan fingerprint density at radius 3 is 1.17 bits per heavy atom. The summed E-state index contributed by atoms with van der Waals surface area (Å²) in [6, 6.07) is 51.0. The summed E-state index contributed by atoms with van der Waals surface area (Å²) in [6.07, 6.45) is 3.73. The van der Waals surface area contributed by atoms with Crippen LogP contribution >= 0.6 is 0 Å². The van der Waals surface area contributed by atoms with Crippen molar-refractivity contribution in [2.45, 2.75) is 13.8 Å². The Hall–Kier alpha value is -6.78. The summed E-state index contributed by atoms with van der Waals surface area (Å²) >= 11 is 0. The number of aryl methyl sites for hydroxylation is 2. The average molecular weight is 669 g/mol. The van der Waals surface area contributed by atoms with Crippen LogP contribution in [0.1, 0.15) is 11.1 Å². The molecule has 4 heterocycles. The standard InChI is InChI=1S/C48H32N2O2/c1-29-9-3-17-39-41-19-7-15-37(47(41)51-45(29)39)35-13-5-11-31(25-35)33-21-23-49-43(27-33)44-28-34(22-24-50-44)32-12-6-14-36(26-32)38-16-8-20-42-40-18-4-10-30(2)46(40)52-48(38)42/h3-28H,1-2H3. The van der Waals surface area contributed by atoms with Gasteiger partial charge in [-0.05, 0) is 94.8 Å². The molecule has 0 atom stereocenters. The van der Waals surface area contributed by atoms with E-state index in [0.29, 0.717) is 0 Å². The van der Waals surface area contributed by atoms with Gasteiger partial charge in [-0.1, -0.05) is 109 Å². The summed E-state index contributed by atoms with van der Waals surface area (Å²) in [5.41, 5.74) is 16.3. The summed E-state index contributed by atoms with van der Waals surface area (Å²) in [5.74, 6) is 0. The number of aromatic nitrogens is 2. The van der Waals surface area contributed by atoms with Gasteiger partial charge < -0.3 is 8.83 Å². The van der Waals surface area contributed by atoms with E-state index >= 15 is 0 Å². The lowest BCUT2D eigenvalue weighted by molar-refractivity contribution is 0.666. The number of benzene rings is 6. The monoisotopic (exact) mass is 668 g/mol. The summed E-state index contributed by atoms with van der Waals surface area (Å²) < 4.78 is 13.0. The highest BCUT2D eigenvalue weighted by Gasteiger charge is 2.16. The first-order valence-electron chi connectivity index (χ1n) is 17.5. The molecule has 0 aliphatic carbocycles. The van der Waals surface area contributed by atoms with Crippen molar-refractivity contribution in [1.82, 2.24) is 9.97 Å². The van der Waals surface area contributed by atoms with Gasteiger partial charge in [0.2, 0.25) is 0 Å². The van der Waals surface area contributed by atoms with Crippen molar-refractivity contribution in [3.63, 3.8) is 0 Å². The van der Waals surface area contributed by atoms with E-state index in [2.05, 4.69) is 159 Å². The Kier molecular flexibility index (Phi) is 6.90. The predicted molar refractivity (Wildman–Crippen MR) is 213 cm³/mol. The highest BCUT2D eigenvalue weighted by atomic mass is 16.3. The van der Waals surface area contributed by atoms with Crippen molar-refractivity contribution < 1.29 is 8.83 Å². The van der Waals surface area contributed by atoms with E-state index in [1.165, 1.54) is 0 Å². The predicted octanol–water partition coefficient (Wildman–Crippen LogP) is 13.2. The van der Waals surface area contributed by atoms with Crippen molar-refractivity contribution >= 4 is 43.9 Å². The van der Waals surface area contributed by atoms with Crippen LogP contribution in [-0.2, 0) is 0 Å². The van der Waals surface area contributed by atoms with E-state index in [4.69, 9.17) is 18.8 Å². The molecule has 246 valence electrons. The van der Waals surface area contributed by atoms with E-state index in [1.807, 2.05) is 12.4 Å². The van der Waals surface area contributed by atoms with Crippen molar-refractivity contribution in [1.29, 1.82) is 0 Å². The fraction of sp³-hybridized carbons (Fsp3) is 0.0417. The average Bonchev–Trinajstić information content (AvgIpc) is 3.79. The maximum Gasteiger partial charge on any atom is 0.143 e. The summed E-state index contributed by atoms with van der Waals surface area (Å²) in [4.78, 5) is 9.52. The quantitative estimate of drug-likeness (QED) is 0.183. The second-order valence-corrected chi connectivity index (χ2v) is 13.5. The molecule has 4 nitrogen and oxygen atoms in total. The van der Waals surface area contributed by atoms with Gasteiger partial charge >= 0.3 is 0 Å². The number of pyridine rings is 2. The van der Waals surface area contributed by atoms with Crippen LogP contribution in [0.4, 0.5) is 0 Å². The van der Waals surface area contributed by atoms with Gasteiger partial charge in [-0.25, -0.2) is 0 Å². The van der Waals surface area contributed by atoms with Gasteiger partial charge in [-0.15, -0.1) is 0 Å². The first-order chi connectivity index (χ1) is 25.6. The van der Waals surface area contributed by atoms with E-state index in [-0.39, 0.29) is 0 Å². The third-order valence-corrected chi connectivity index (χ3v) is 10.2. The number of para-hydroxylation sites is 4. The van der Waals surface area contributed by atoms with Gasteiger partial charge in [0.05, 0.1) is 11.4 Å². The normalized spacial score (nSPS) is 11.7. The molecule has 0 amide bonds. The third-order valence-electron chi connectivity index (χ3n) is 10.2. The van der Waals surface area contributed by atoms with Crippen LogP contribution in [-0.4, -0.2) is 9.97 Å². The summed E-state index contributed by atoms with van der Waals surface area (Å²) in [6.45, 7) is 4.19. The van der Waals surface area contributed by atoms with Crippen molar-refractivity contribution in [2.75, 3.05) is 0 Å². The molecule has 10 aromatic rings. The molecule has 0 aliphatic rings. The molecule has 4 aromatic heterocycles. The topological polar surface area (TPSA) is 52.1 Å². The van der Waals surface area contributed by atoms with Crippen LogP contribution in [0.15, 0.2) is 167 Å². The minimum Gasteiger partial charge on any atom is -0.455 e. The van der Waals surface area contributed by atoms with Gasteiger partial charge in [0.15, 0.2) is 0 Å². The Morgan fingerprint density at radius 1 is 0.346 bits per heavy atom. The largest absolute Gasteiger partial charge is 0.455 e. The lowest BCUT2D eigenvalue weighted by Crippen LogP contribution is -1.90. The van der Waals surface area contributed by atoms with E-state index in [0.717, 1.165) is 111 Å². The van der Waals surface area contributed by atoms with Crippen LogP contribution in [0.3, 0.4) is 0 Å². The minimum atomic E-state index is 0.818. The van der Waals surface area contributed by atoms with Crippen LogP contribution in [0.5, 0.6) is 0 Å². The first-order valence-corrected chi connectivity index (χ1v) is 17.5. The van der Waals surface area contributed by atoms with Gasteiger partial charge in [-0.3, -0.25) is 9.97 Å². The molecule has 0 N–H and O–H groups in total. The second-order valence-electron chi connectivity index (χ2n) is 13.5. The van der Waals surface area contributed by atoms with Crippen molar-refractivity contribution in [2.24, 2.45) is 0 Å². The molecule has 0 spiro atoms. The van der Waals surface area contributed by atoms with Crippen LogP contribution in [0.25, 0.3) is 99.8 Å². The molecule has 0 fully saturated rings. The lowest BCUT2D eigenvalue weighted by atomic mass is 9.96. The highest BCUT2D eigenvalue weighted by Crippen LogP contribution is 2.40. The van der Waals surface area contributed by atoms with Gasteiger partial charge in [-0.2, -0.15) is 0 Å². The SMILES string of the molecule is Cc1cccc2c1oc1c(-c3cccc(-c4ccnc(-c5cc(-c6cccc(-c7cccc8c7oc7c(C)cccc78)c6)ccn5)c4)c3)cccc12. The fourth-order valence-electron chi connectivity index (χ4n) is 7.61. The second kappa shape index (κ2) is 11.9. The Balaban J connectivity index is 0.997. The van der Waals surface area contributed by atoms with Crippen LogP contribution < -0.4 is 0 Å². The zero-order chi connectivity index (χ0) is 34.8. The Bertz CT molecular complexity index is 2800. The molecular formula is C48H32N2O2. The smallest absolute Gasteiger partial charge is 0.143 e. The molecule has 4 heteroatoms. The molecule has 0 radical (unpaired) electrons. The van der Waals surface area contributed by atoms with Crippen molar-refractivity contribution in [3.05, 3.63) is 169 Å². The van der Waals surface area contributed by atoms with E-state index in [9.17, 15) is 0 Å². The lowest BCUT2D eigenvalue weighted by Gasteiger charge is -2.10. The first kappa shape index (κ1) is 30.1. The molecule has 0 saturated heterocycles. The highest BCUT2D eigenvalue weighted by molar-refractivity contribution is 6.11. The molecule has 0 bridgehead atoms. The molecular weight excluding hydrogens is 637 g/mol. The van der Waals surface area contributed by atoms with Gasteiger partial charge in [0.25, 0.3) is 0 Å². The molecule has 0 aliphatic heterocycles. The van der Waals surface area contributed by atoms with Gasteiger partial charge in [0.1, 0.15) is 22.3 Å². The number of furan rings is 2. The maximum absolute atomic E-state index is 6.48. The maximum atomic E-state index is 6.48. The summed E-state index contributed by atoms with van der Waals surface area (Å²) in [5, 5.41) is 4.55. The van der Waals surface area contributed by atoms with E-state index in [1.54, 1.807) is 0 Å². The third kappa shape index (κ3) is 4.91. The Morgan fingerprint density at radius 2 is 0.712 bits per heavy atom. The number of fused-ring (bicyclic) bond motifs is 6. The molecule has 0 saturated carbocycles.